The zero-order chi connectivity index (χ0) is 25.8. The number of likely N-dealkylation sites (N-methyl/N-ethyl adjacent to an activating group) is 1. The highest BCUT2D eigenvalue weighted by Gasteiger charge is 2.39. The smallest absolute Gasteiger partial charge is 0.338 e. The molecule has 11 heteroatoms. The lowest BCUT2D eigenvalue weighted by atomic mass is 9.94. The number of rotatable bonds is 7. The molecule has 4 rings (SSSR count). The highest BCUT2D eigenvalue weighted by atomic mass is 35.5. The van der Waals surface area contributed by atoms with E-state index >= 15 is 0 Å². The van der Waals surface area contributed by atoms with Crippen molar-refractivity contribution < 1.29 is 19.1 Å². The molecular formula is C25H28Cl2N4O4S. The van der Waals surface area contributed by atoms with Crippen LogP contribution in [0.4, 0.5) is 4.79 Å². The summed E-state index contributed by atoms with van der Waals surface area (Å²) in [5.74, 6) is -0.488. The molecular weight excluding hydrogens is 523 g/mol. The van der Waals surface area contributed by atoms with Crippen LogP contribution in [0, 0.1) is 0 Å². The maximum Gasteiger partial charge on any atom is 0.338 e. The number of piperazine rings is 1. The van der Waals surface area contributed by atoms with E-state index in [2.05, 4.69) is 10.2 Å². The molecule has 1 aromatic carbocycles. The van der Waals surface area contributed by atoms with Crippen molar-refractivity contribution in [2.75, 3.05) is 45.9 Å². The van der Waals surface area contributed by atoms with Crippen molar-refractivity contribution in [3.63, 3.8) is 0 Å². The summed E-state index contributed by atoms with van der Waals surface area (Å²) in [4.78, 5) is 45.4. The van der Waals surface area contributed by atoms with Crippen LogP contribution in [0.1, 0.15) is 35.1 Å². The van der Waals surface area contributed by atoms with Crippen molar-refractivity contribution in [2.45, 2.75) is 19.9 Å². The van der Waals surface area contributed by atoms with Crippen molar-refractivity contribution in [3.8, 4) is 0 Å². The predicted octanol–water partition coefficient (Wildman–Crippen LogP) is 4.42. The van der Waals surface area contributed by atoms with Crippen LogP contribution in [0.15, 0.2) is 47.0 Å². The standard InChI is InChI=1S/C25H28Cl2N4O4S/c1-3-31-18(15-29-10-12-30(13-11-29)23(32)19-9-6-14-36-19)20(24(33)35-4-2)22(28-25(31)34)16-7-5-8-17(26)21(16)27/h5-9,14,22H,3-4,10-13,15H2,1-2H3,(H,28,34). The predicted molar refractivity (Wildman–Crippen MR) is 140 cm³/mol. The average molecular weight is 551 g/mol. The van der Waals surface area contributed by atoms with Gasteiger partial charge in [0.25, 0.3) is 5.91 Å². The summed E-state index contributed by atoms with van der Waals surface area (Å²) in [6.07, 6.45) is 0. The maximum absolute atomic E-state index is 13.3. The second kappa shape index (κ2) is 11.6. The van der Waals surface area contributed by atoms with E-state index < -0.39 is 12.0 Å². The molecule has 0 radical (unpaired) electrons. The number of carbonyl (C=O) groups is 3. The number of thiophene rings is 1. The first kappa shape index (κ1) is 26.5. The van der Waals surface area contributed by atoms with Crippen molar-refractivity contribution in [3.05, 3.63) is 67.5 Å². The lowest BCUT2D eigenvalue weighted by molar-refractivity contribution is -0.139. The minimum Gasteiger partial charge on any atom is -0.463 e. The second-order valence-electron chi connectivity index (χ2n) is 8.40. The number of benzene rings is 1. The lowest BCUT2D eigenvalue weighted by Crippen LogP contribution is -2.53. The fraction of sp³-hybridized carbons (Fsp3) is 0.400. The minimum atomic E-state index is -0.803. The molecule has 1 unspecified atom stereocenters. The van der Waals surface area contributed by atoms with Crippen LogP contribution in [0.3, 0.4) is 0 Å². The Labute approximate surface area is 224 Å². The third-order valence-corrected chi connectivity index (χ3v) is 8.00. The van der Waals surface area contributed by atoms with Gasteiger partial charge in [-0.2, -0.15) is 0 Å². The van der Waals surface area contributed by atoms with E-state index in [4.69, 9.17) is 27.9 Å². The third kappa shape index (κ3) is 5.39. The zero-order valence-corrected chi connectivity index (χ0v) is 22.5. The fourth-order valence-corrected chi connectivity index (χ4v) is 5.62. The van der Waals surface area contributed by atoms with Crippen molar-refractivity contribution in [1.29, 1.82) is 0 Å². The number of amides is 3. The Balaban J connectivity index is 1.64. The van der Waals surface area contributed by atoms with E-state index in [1.54, 1.807) is 30.0 Å². The molecule has 0 spiro atoms. The normalized spacial score (nSPS) is 18.9. The van der Waals surface area contributed by atoms with Crippen LogP contribution >= 0.6 is 34.5 Å². The van der Waals surface area contributed by atoms with Gasteiger partial charge in [0.05, 0.1) is 33.1 Å². The number of hydrogen-bond donors (Lipinski definition) is 1. The summed E-state index contributed by atoms with van der Waals surface area (Å²) in [5, 5.41) is 5.41. The summed E-state index contributed by atoms with van der Waals surface area (Å²) in [5.41, 5.74) is 1.43. The van der Waals surface area contributed by atoms with E-state index in [-0.39, 0.29) is 23.6 Å². The number of carbonyl (C=O) groups excluding carboxylic acids is 3. The van der Waals surface area contributed by atoms with Crippen molar-refractivity contribution >= 4 is 52.4 Å². The van der Waals surface area contributed by atoms with E-state index in [1.165, 1.54) is 11.3 Å². The van der Waals surface area contributed by atoms with Crippen LogP contribution < -0.4 is 5.32 Å². The van der Waals surface area contributed by atoms with E-state index in [0.717, 1.165) is 4.88 Å². The van der Waals surface area contributed by atoms with Crippen LogP contribution in [-0.4, -0.2) is 78.5 Å². The van der Waals surface area contributed by atoms with Crippen LogP contribution in [0.25, 0.3) is 0 Å². The van der Waals surface area contributed by atoms with E-state index in [1.807, 2.05) is 29.3 Å². The third-order valence-electron chi connectivity index (χ3n) is 6.31. The van der Waals surface area contributed by atoms with Crippen LogP contribution in [0.2, 0.25) is 10.0 Å². The largest absolute Gasteiger partial charge is 0.463 e. The topological polar surface area (TPSA) is 82.2 Å². The molecule has 3 heterocycles. The number of esters is 1. The van der Waals surface area contributed by atoms with Crippen LogP contribution in [0.5, 0.6) is 0 Å². The van der Waals surface area contributed by atoms with Crippen molar-refractivity contribution in [1.82, 2.24) is 20.0 Å². The van der Waals surface area contributed by atoms with Gasteiger partial charge in [0.1, 0.15) is 0 Å². The molecule has 192 valence electrons. The summed E-state index contributed by atoms with van der Waals surface area (Å²) in [6.45, 7) is 6.84. The molecule has 8 nitrogen and oxygen atoms in total. The molecule has 1 fully saturated rings. The molecule has 2 aromatic rings. The van der Waals surface area contributed by atoms with E-state index in [9.17, 15) is 14.4 Å². The molecule has 0 saturated carbocycles. The molecule has 1 aromatic heterocycles. The van der Waals surface area contributed by atoms with Gasteiger partial charge in [0.2, 0.25) is 0 Å². The molecule has 0 bridgehead atoms. The Morgan fingerprint density at radius 3 is 2.50 bits per heavy atom. The molecule has 2 aliphatic rings. The highest BCUT2D eigenvalue weighted by Crippen LogP contribution is 2.38. The summed E-state index contributed by atoms with van der Waals surface area (Å²) < 4.78 is 5.42. The molecule has 1 atom stereocenters. The SMILES string of the molecule is CCOC(=O)C1=C(CN2CCN(C(=O)c3cccs3)CC2)N(CC)C(=O)NC1c1cccc(Cl)c1Cl. The van der Waals surface area contributed by atoms with Gasteiger partial charge in [-0.15, -0.1) is 11.3 Å². The maximum atomic E-state index is 13.3. The van der Waals surface area contributed by atoms with Gasteiger partial charge in [0, 0.05) is 45.0 Å². The lowest BCUT2D eigenvalue weighted by Gasteiger charge is -2.40. The number of halogens is 2. The summed E-state index contributed by atoms with van der Waals surface area (Å²) in [6, 6.07) is 7.70. The summed E-state index contributed by atoms with van der Waals surface area (Å²) in [7, 11) is 0. The Hall–Kier alpha value is -2.59. The Morgan fingerprint density at radius 2 is 1.86 bits per heavy atom. The molecule has 2 aliphatic heterocycles. The second-order valence-corrected chi connectivity index (χ2v) is 10.1. The minimum absolute atomic E-state index is 0.0268. The number of ether oxygens (including phenoxy) is 1. The first-order chi connectivity index (χ1) is 17.3. The number of urea groups is 1. The first-order valence-corrected chi connectivity index (χ1v) is 13.5. The number of hydrogen-bond acceptors (Lipinski definition) is 6. The van der Waals surface area contributed by atoms with Gasteiger partial charge in [0.15, 0.2) is 0 Å². The Bertz CT molecular complexity index is 1160. The first-order valence-electron chi connectivity index (χ1n) is 11.8. The van der Waals surface area contributed by atoms with Gasteiger partial charge < -0.3 is 15.0 Å². The zero-order valence-electron chi connectivity index (χ0n) is 20.1. The number of nitrogens with zero attached hydrogens (tertiary/aromatic N) is 3. The van der Waals surface area contributed by atoms with Crippen LogP contribution in [-0.2, 0) is 9.53 Å². The highest BCUT2D eigenvalue weighted by molar-refractivity contribution is 7.12. The van der Waals surface area contributed by atoms with Gasteiger partial charge in [-0.1, -0.05) is 41.4 Å². The molecule has 1 saturated heterocycles. The Morgan fingerprint density at radius 1 is 1.11 bits per heavy atom. The molecule has 0 aliphatic carbocycles. The fourth-order valence-electron chi connectivity index (χ4n) is 4.51. The van der Waals surface area contributed by atoms with Gasteiger partial charge >= 0.3 is 12.0 Å². The number of nitrogens with one attached hydrogen (secondary N) is 1. The van der Waals surface area contributed by atoms with Gasteiger partial charge in [-0.25, -0.2) is 9.59 Å². The molecule has 1 N–H and O–H groups in total. The molecule has 3 amide bonds. The quantitative estimate of drug-likeness (QED) is 0.516. The van der Waals surface area contributed by atoms with Crippen molar-refractivity contribution in [2.24, 2.45) is 0 Å². The molecule has 36 heavy (non-hydrogen) atoms. The monoisotopic (exact) mass is 550 g/mol. The average Bonchev–Trinajstić information content (AvgIpc) is 3.41. The Kier molecular flexibility index (Phi) is 8.56. The van der Waals surface area contributed by atoms with Gasteiger partial charge in [-0.05, 0) is 36.9 Å². The van der Waals surface area contributed by atoms with E-state index in [0.29, 0.717) is 61.1 Å². The van der Waals surface area contributed by atoms with Gasteiger partial charge in [-0.3, -0.25) is 14.6 Å². The summed E-state index contributed by atoms with van der Waals surface area (Å²) >= 11 is 14.2.